The third-order valence-corrected chi connectivity index (χ3v) is 5.08. The zero-order chi connectivity index (χ0) is 18.6. The number of aromatic nitrogens is 4. The summed E-state index contributed by atoms with van der Waals surface area (Å²) in [6.45, 7) is 2.70. The highest BCUT2D eigenvalue weighted by Gasteiger charge is 2.28. The van der Waals surface area contributed by atoms with Crippen molar-refractivity contribution in [2.75, 3.05) is 6.54 Å². The summed E-state index contributed by atoms with van der Waals surface area (Å²) >= 11 is 0. The fourth-order valence-electron chi connectivity index (χ4n) is 3.59. The van der Waals surface area contributed by atoms with Gasteiger partial charge in [-0.3, -0.25) is 4.98 Å². The molecular weight excluding hydrogens is 338 g/mol. The Hall–Kier alpha value is -3.02. The van der Waals surface area contributed by atoms with Gasteiger partial charge in [0.1, 0.15) is 5.69 Å². The maximum Gasteiger partial charge on any atom is 0.346 e. The van der Waals surface area contributed by atoms with E-state index in [4.69, 9.17) is 0 Å². The molecule has 0 saturated carbocycles. The van der Waals surface area contributed by atoms with Crippen LogP contribution in [-0.2, 0) is 6.42 Å². The molecule has 0 bridgehead atoms. The average molecular weight is 361 g/mol. The van der Waals surface area contributed by atoms with Crippen molar-refractivity contribution < 1.29 is 4.79 Å². The number of benzene rings is 1. The van der Waals surface area contributed by atoms with E-state index in [1.165, 1.54) is 10.2 Å². The number of pyridine rings is 1. The Balaban J connectivity index is 1.52. The molecular formula is C21H23N5O. The van der Waals surface area contributed by atoms with Crippen molar-refractivity contribution in [2.24, 2.45) is 0 Å². The van der Waals surface area contributed by atoms with Gasteiger partial charge in [0.25, 0.3) is 0 Å². The smallest absolute Gasteiger partial charge is 0.320 e. The summed E-state index contributed by atoms with van der Waals surface area (Å²) in [5.74, 6) is 0. The normalized spacial score (nSPS) is 17.1. The van der Waals surface area contributed by atoms with E-state index < -0.39 is 0 Å². The first kappa shape index (κ1) is 17.4. The average Bonchev–Trinajstić information content (AvgIpc) is 3.19. The summed E-state index contributed by atoms with van der Waals surface area (Å²) < 4.78 is 1.36. The molecule has 1 aromatic carbocycles. The minimum atomic E-state index is -0.102. The van der Waals surface area contributed by atoms with Gasteiger partial charge in [-0.05, 0) is 50.3 Å². The van der Waals surface area contributed by atoms with Gasteiger partial charge in [-0.1, -0.05) is 35.5 Å². The van der Waals surface area contributed by atoms with Gasteiger partial charge in [0, 0.05) is 30.0 Å². The van der Waals surface area contributed by atoms with Gasteiger partial charge in [0.15, 0.2) is 0 Å². The second-order valence-electron chi connectivity index (χ2n) is 7.05. The zero-order valence-corrected chi connectivity index (χ0v) is 15.5. The quantitative estimate of drug-likeness (QED) is 0.713. The van der Waals surface area contributed by atoms with E-state index in [1.807, 2.05) is 42.2 Å². The molecule has 3 aromatic rings. The van der Waals surface area contributed by atoms with E-state index in [9.17, 15) is 4.79 Å². The van der Waals surface area contributed by atoms with Gasteiger partial charge in [-0.25, -0.2) is 4.79 Å². The molecule has 138 valence electrons. The summed E-state index contributed by atoms with van der Waals surface area (Å²) in [6, 6.07) is 14.3. The van der Waals surface area contributed by atoms with Crippen molar-refractivity contribution in [3.63, 3.8) is 0 Å². The van der Waals surface area contributed by atoms with Crippen molar-refractivity contribution in [2.45, 2.75) is 38.6 Å². The van der Waals surface area contributed by atoms with Gasteiger partial charge in [-0.15, -0.1) is 5.10 Å². The van der Waals surface area contributed by atoms with Crippen molar-refractivity contribution in [3.05, 3.63) is 66.1 Å². The predicted molar refractivity (Wildman–Crippen MR) is 103 cm³/mol. The Labute approximate surface area is 158 Å². The molecule has 27 heavy (non-hydrogen) atoms. The number of hydrogen-bond acceptors (Lipinski definition) is 4. The number of nitrogens with zero attached hydrogens (tertiary/aromatic N) is 5. The molecule has 0 spiro atoms. The second kappa shape index (κ2) is 7.70. The maximum atomic E-state index is 13.1. The van der Waals surface area contributed by atoms with Crippen LogP contribution in [0, 0.1) is 6.92 Å². The van der Waals surface area contributed by atoms with Crippen LogP contribution in [0.4, 0.5) is 4.79 Å². The summed E-state index contributed by atoms with van der Waals surface area (Å²) in [5.41, 5.74) is 3.72. The summed E-state index contributed by atoms with van der Waals surface area (Å²) in [5, 5.41) is 8.25. The zero-order valence-electron chi connectivity index (χ0n) is 15.5. The topological polar surface area (TPSA) is 63.9 Å². The highest BCUT2D eigenvalue weighted by Crippen LogP contribution is 2.22. The summed E-state index contributed by atoms with van der Waals surface area (Å²) in [4.78, 5) is 19.3. The molecule has 4 rings (SSSR count). The largest absolute Gasteiger partial charge is 0.346 e. The van der Waals surface area contributed by atoms with Crippen LogP contribution < -0.4 is 0 Å². The van der Waals surface area contributed by atoms with Crippen molar-refractivity contribution in [1.29, 1.82) is 0 Å². The Morgan fingerprint density at radius 2 is 2.00 bits per heavy atom. The van der Waals surface area contributed by atoms with Crippen molar-refractivity contribution in [1.82, 2.24) is 24.9 Å². The van der Waals surface area contributed by atoms with Gasteiger partial charge in [-0.2, -0.15) is 4.68 Å². The number of rotatable bonds is 3. The number of piperidine rings is 1. The predicted octanol–water partition coefficient (Wildman–Crippen LogP) is 3.71. The van der Waals surface area contributed by atoms with Gasteiger partial charge < -0.3 is 4.90 Å². The highest BCUT2D eigenvalue weighted by atomic mass is 16.2. The Kier molecular flexibility index (Phi) is 4.96. The van der Waals surface area contributed by atoms with Gasteiger partial charge in [0.05, 0.1) is 6.20 Å². The molecule has 2 aromatic heterocycles. The first-order chi connectivity index (χ1) is 13.2. The minimum Gasteiger partial charge on any atom is -0.320 e. The number of hydrogen-bond donors (Lipinski definition) is 0. The second-order valence-corrected chi connectivity index (χ2v) is 7.05. The molecule has 1 unspecified atom stereocenters. The number of carbonyl (C=O) groups excluding carboxylic acids is 1. The van der Waals surface area contributed by atoms with Crippen molar-refractivity contribution >= 4 is 6.03 Å². The van der Waals surface area contributed by atoms with Crippen LogP contribution >= 0.6 is 0 Å². The monoisotopic (exact) mass is 361 g/mol. The molecule has 0 aliphatic carbocycles. The van der Waals surface area contributed by atoms with E-state index in [1.54, 1.807) is 12.4 Å². The summed E-state index contributed by atoms with van der Waals surface area (Å²) in [7, 11) is 0. The lowest BCUT2D eigenvalue weighted by Gasteiger charge is -2.35. The minimum absolute atomic E-state index is 0.102. The van der Waals surface area contributed by atoms with E-state index in [0.29, 0.717) is 5.69 Å². The fraction of sp³-hybridized carbons (Fsp3) is 0.333. The Morgan fingerprint density at radius 3 is 2.78 bits per heavy atom. The number of amides is 1. The van der Waals surface area contributed by atoms with E-state index in [0.717, 1.165) is 43.5 Å². The lowest BCUT2D eigenvalue weighted by atomic mass is 9.96. The van der Waals surface area contributed by atoms with Crippen LogP contribution in [0.1, 0.15) is 30.5 Å². The SMILES string of the molecule is Cc1ccc(-c2cn(C(=O)N3CCCCC3Cc3ccccc3)nn2)cn1. The van der Waals surface area contributed by atoms with Crippen LogP contribution in [0.3, 0.4) is 0 Å². The molecule has 1 atom stereocenters. The lowest BCUT2D eigenvalue weighted by Crippen LogP contribution is -2.46. The van der Waals surface area contributed by atoms with Gasteiger partial charge in [0.2, 0.25) is 0 Å². The molecule has 6 heteroatoms. The standard InChI is InChI=1S/C21H23N5O/c1-16-10-11-18(14-22-16)20-15-26(24-23-20)21(27)25-12-6-5-9-19(25)13-17-7-3-2-4-8-17/h2-4,7-8,10-11,14-15,19H,5-6,9,12-13H2,1H3. The fourth-order valence-corrected chi connectivity index (χ4v) is 3.59. The van der Waals surface area contributed by atoms with Crippen LogP contribution in [-0.4, -0.2) is 43.5 Å². The molecule has 0 N–H and O–H groups in total. The van der Waals surface area contributed by atoms with Crippen LogP contribution in [0.5, 0.6) is 0 Å². The molecule has 1 amide bonds. The molecule has 1 aliphatic heterocycles. The van der Waals surface area contributed by atoms with Crippen LogP contribution in [0.15, 0.2) is 54.9 Å². The van der Waals surface area contributed by atoms with Crippen LogP contribution in [0.2, 0.25) is 0 Å². The van der Waals surface area contributed by atoms with Crippen LogP contribution in [0.25, 0.3) is 11.3 Å². The number of carbonyl (C=O) groups is 1. The third kappa shape index (κ3) is 3.89. The molecule has 1 saturated heterocycles. The first-order valence-corrected chi connectivity index (χ1v) is 9.41. The third-order valence-electron chi connectivity index (χ3n) is 5.08. The van der Waals surface area contributed by atoms with E-state index in [2.05, 4.69) is 27.4 Å². The molecule has 1 aliphatic rings. The number of aryl methyl sites for hydroxylation is 1. The highest BCUT2D eigenvalue weighted by molar-refractivity contribution is 5.77. The molecule has 3 heterocycles. The lowest BCUT2D eigenvalue weighted by molar-refractivity contribution is 0.149. The van der Waals surface area contributed by atoms with Gasteiger partial charge >= 0.3 is 6.03 Å². The summed E-state index contributed by atoms with van der Waals surface area (Å²) in [6.07, 6.45) is 7.52. The van der Waals surface area contributed by atoms with E-state index >= 15 is 0 Å². The molecule has 0 radical (unpaired) electrons. The maximum absolute atomic E-state index is 13.1. The van der Waals surface area contributed by atoms with Crippen molar-refractivity contribution in [3.8, 4) is 11.3 Å². The van der Waals surface area contributed by atoms with E-state index in [-0.39, 0.29) is 12.1 Å². The number of likely N-dealkylation sites (tertiary alicyclic amines) is 1. The Morgan fingerprint density at radius 1 is 1.15 bits per heavy atom. The Bertz CT molecular complexity index is 904. The molecule has 6 nitrogen and oxygen atoms in total. The molecule has 1 fully saturated rings. The first-order valence-electron chi connectivity index (χ1n) is 9.41.